The van der Waals surface area contributed by atoms with Crippen LogP contribution in [-0.4, -0.2) is 70.0 Å². The lowest BCUT2D eigenvalue weighted by molar-refractivity contribution is -0.306. The van der Waals surface area contributed by atoms with E-state index in [-0.39, 0.29) is 6.79 Å². The van der Waals surface area contributed by atoms with E-state index in [0.717, 1.165) is 5.56 Å². The van der Waals surface area contributed by atoms with Crippen LogP contribution in [0.3, 0.4) is 0 Å². The minimum Gasteiger partial charge on any atom is -0.479 e. The predicted molar refractivity (Wildman–Crippen MR) is 100 cm³/mol. The minimum absolute atomic E-state index is 0.173. The summed E-state index contributed by atoms with van der Waals surface area (Å²) in [6, 6.07) is 5.44. The fourth-order valence-corrected chi connectivity index (χ4v) is 3.06. The second-order valence-electron chi connectivity index (χ2n) is 8.13. The smallest absolute Gasteiger partial charge is 0.335 e. The van der Waals surface area contributed by atoms with E-state index >= 15 is 0 Å². The molecule has 1 aromatic carbocycles. The van der Waals surface area contributed by atoms with E-state index in [1.807, 2.05) is 32.9 Å². The second-order valence-corrected chi connectivity index (χ2v) is 8.13. The molecular formula is C20H26O9. The van der Waals surface area contributed by atoms with Crippen LogP contribution in [0, 0.1) is 5.41 Å². The maximum Gasteiger partial charge on any atom is 0.335 e. The van der Waals surface area contributed by atoms with Gasteiger partial charge >= 0.3 is 5.97 Å². The van der Waals surface area contributed by atoms with E-state index in [1.165, 1.54) is 0 Å². The Labute approximate surface area is 168 Å². The van der Waals surface area contributed by atoms with Crippen molar-refractivity contribution in [3.63, 3.8) is 0 Å². The van der Waals surface area contributed by atoms with Crippen LogP contribution in [0.1, 0.15) is 26.3 Å². The molecule has 0 aromatic heterocycles. The van der Waals surface area contributed by atoms with Crippen LogP contribution in [0.4, 0.5) is 0 Å². The SMILES string of the molecule is CC(C)(C)[C@@H](/C=C/c1ccc2c(c1)OCO2)O[C@H]1O[C@H](C(=O)O)[C@@H](O)[C@H](O)[C@H]1O. The summed E-state index contributed by atoms with van der Waals surface area (Å²) in [6.45, 7) is 5.87. The summed E-state index contributed by atoms with van der Waals surface area (Å²) in [5.41, 5.74) is 0.381. The predicted octanol–water partition coefficient (Wildman–Crippen LogP) is 0.752. The van der Waals surface area contributed by atoms with Crippen molar-refractivity contribution in [2.75, 3.05) is 6.79 Å². The van der Waals surface area contributed by atoms with Gasteiger partial charge in [-0.25, -0.2) is 4.79 Å². The van der Waals surface area contributed by atoms with E-state index in [1.54, 1.807) is 18.2 Å². The highest BCUT2D eigenvalue weighted by atomic mass is 16.7. The first-order valence-corrected chi connectivity index (χ1v) is 9.23. The summed E-state index contributed by atoms with van der Waals surface area (Å²) in [5, 5.41) is 39.2. The largest absolute Gasteiger partial charge is 0.479 e. The maximum absolute atomic E-state index is 11.3. The molecule has 0 aliphatic carbocycles. The summed E-state index contributed by atoms with van der Waals surface area (Å²) < 4.78 is 21.7. The first-order valence-electron chi connectivity index (χ1n) is 9.23. The molecule has 3 rings (SSSR count). The molecule has 0 radical (unpaired) electrons. The third-order valence-corrected chi connectivity index (χ3v) is 4.81. The lowest BCUT2D eigenvalue weighted by atomic mass is 9.88. The molecule has 2 aliphatic rings. The lowest BCUT2D eigenvalue weighted by Crippen LogP contribution is -2.61. The van der Waals surface area contributed by atoms with Crippen LogP contribution in [0.5, 0.6) is 11.5 Å². The highest BCUT2D eigenvalue weighted by Gasteiger charge is 2.48. The first kappa shape index (κ1) is 21.5. The molecule has 9 nitrogen and oxygen atoms in total. The van der Waals surface area contributed by atoms with Gasteiger partial charge in [0.25, 0.3) is 0 Å². The molecule has 0 unspecified atom stereocenters. The number of carbonyl (C=O) groups is 1. The van der Waals surface area contributed by atoms with Gasteiger partial charge in [0, 0.05) is 0 Å². The molecule has 6 atom stereocenters. The quantitative estimate of drug-likeness (QED) is 0.554. The summed E-state index contributed by atoms with van der Waals surface area (Å²) in [6.07, 6.45) is -5.29. The number of fused-ring (bicyclic) bond motifs is 1. The van der Waals surface area contributed by atoms with Gasteiger partial charge in [-0.2, -0.15) is 0 Å². The fraction of sp³-hybridized carbons (Fsp3) is 0.550. The normalized spacial score (nSPS) is 30.5. The summed E-state index contributed by atoms with van der Waals surface area (Å²) in [7, 11) is 0. The van der Waals surface area contributed by atoms with Gasteiger partial charge in [0.15, 0.2) is 23.9 Å². The Hall–Kier alpha value is -2.17. The Morgan fingerprint density at radius 1 is 1.14 bits per heavy atom. The molecule has 4 N–H and O–H groups in total. The van der Waals surface area contributed by atoms with Crippen molar-refractivity contribution in [2.45, 2.75) is 57.6 Å². The molecule has 0 spiro atoms. The third-order valence-electron chi connectivity index (χ3n) is 4.81. The van der Waals surface area contributed by atoms with Crippen LogP contribution in [0.25, 0.3) is 6.08 Å². The standard InChI is InChI=1S/C20H26O9/c1-20(2,3)13(7-5-10-4-6-11-12(8-10)27-9-26-11)28-19-16(23)14(21)15(22)17(29-19)18(24)25/h4-8,13-17,19,21-23H,9H2,1-3H3,(H,24,25)/b7-5+/t13-,14+,15+,16-,17+,19+/m1/s1. The second kappa shape index (κ2) is 8.29. The Morgan fingerprint density at radius 2 is 1.83 bits per heavy atom. The molecule has 0 saturated carbocycles. The molecule has 1 saturated heterocycles. The van der Waals surface area contributed by atoms with E-state index < -0.39 is 48.2 Å². The Morgan fingerprint density at radius 3 is 2.48 bits per heavy atom. The molecule has 0 amide bonds. The highest BCUT2D eigenvalue weighted by molar-refractivity contribution is 5.73. The van der Waals surface area contributed by atoms with Gasteiger partial charge in [0.05, 0.1) is 6.10 Å². The fourth-order valence-electron chi connectivity index (χ4n) is 3.06. The van der Waals surface area contributed by atoms with Crippen LogP contribution >= 0.6 is 0 Å². The van der Waals surface area contributed by atoms with Crippen LogP contribution in [0.15, 0.2) is 24.3 Å². The van der Waals surface area contributed by atoms with Gasteiger partial charge < -0.3 is 39.4 Å². The van der Waals surface area contributed by atoms with Gasteiger partial charge in [-0.05, 0) is 23.1 Å². The van der Waals surface area contributed by atoms with Gasteiger partial charge in [0.1, 0.15) is 18.3 Å². The van der Waals surface area contributed by atoms with E-state index in [2.05, 4.69) is 0 Å². The minimum atomic E-state index is -1.76. The van der Waals surface area contributed by atoms with Crippen molar-refractivity contribution >= 4 is 12.0 Å². The number of carboxylic acids is 1. The van der Waals surface area contributed by atoms with Crippen molar-refractivity contribution in [3.8, 4) is 11.5 Å². The average Bonchev–Trinajstić information content (AvgIpc) is 3.11. The average molecular weight is 410 g/mol. The number of carboxylic acid groups (broad SMARTS) is 1. The van der Waals surface area contributed by atoms with Crippen molar-refractivity contribution in [3.05, 3.63) is 29.8 Å². The summed E-state index contributed by atoms with van der Waals surface area (Å²) in [5.74, 6) is -0.162. The van der Waals surface area contributed by atoms with Crippen molar-refractivity contribution in [1.82, 2.24) is 0 Å². The molecular weight excluding hydrogens is 384 g/mol. The topological polar surface area (TPSA) is 135 Å². The van der Waals surface area contributed by atoms with E-state index in [9.17, 15) is 25.2 Å². The molecule has 2 aliphatic heterocycles. The molecule has 0 bridgehead atoms. The van der Waals surface area contributed by atoms with Crippen molar-refractivity contribution in [1.29, 1.82) is 0 Å². The van der Waals surface area contributed by atoms with Crippen molar-refractivity contribution in [2.24, 2.45) is 5.41 Å². The Balaban J connectivity index is 1.77. The Bertz CT molecular complexity index is 770. The molecule has 29 heavy (non-hydrogen) atoms. The number of aliphatic carboxylic acids is 1. The zero-order chi connectivity index (χ0) is 21.3. The van der Waals surface area contributed by atoms with Crippen LogP contribution < -0.4 is 9.47 Å². The number of aliphatic hydroxyl groups is 3. The van der Waals surface area contributed by atoms with Gasteiger partial charge in [-0.15, -0.1) is 0 Å². The van der Waals surface area contributed by atoms with Gasteiger partial charge in [-0.3, -0.25) is 0 Å². The molecule has 160 valence electrons. The van der Waals surface area contributed by atoms with Crippen LogP contribution in [-0.2, 0) is 14.3 Å². The number of benzene rings is 1. The number of ether oxygens (including phenoxy) is 4. The monoisotopic (exact) mass is 410 g/mol. The maximum atomic E-state index is 11.3. The number of hydrogen-bond acceptors (Lipinski definition) is 8. The van der Waals surface area contributed by atoms with Crippen LogP contribution in [0.2, 0.25) is 0 Å². The number of aliphatic hydroxyl groups excluding tert-OH is 3. The molecule has 1 aromatic rings. The number of rotatable bonds is 5. The Kier molecular flexibility index (Phi) is 6.16. The molecule has 2 heterocycles. The first-order chi connectivity index (χ1) is 13.6. The van der Waals surface area contributed by atoms with Gasteiger partial charge in [-0.1, -0.05) is 39.0 Å². The molecule has 1 fully saturated rings. The number of hydrogen-bond donors (Lipinski definition) is 4. The molecule has 9 heteroatoms. The van der Waals surface area contributed by atoms with E-state index in [0.29, 0.717) is 11.5 Å². The van der Waals surface area contributed by atoms with Gasteiger partial charge in [0.2, 0.25) is 6.79 Å². The lowest BCUT2D eigenvalue weighted by Gasteiger charge is -2.41. The zero-order valence-corrected chi connectivity index (χ0v) is 16.4. The summed E-state index contributed by atoms with van der Waals surface area (Å²) >= 11 is 0. The zero-order valence-electron chi connectivity index (χ0n) is 16.4. The third kappa shape index (κ3) is 4.71. The summed E-state index contributed by atoms with van der Waals surface area (Å²) in [4.78, 5) is 11.3. The van der Waals surface area contributed by atoms with E-state index in [4.69, 9.17) is 18.9 Å². The highest BCUT2D eigenvalue weighted by Crippen LogP contribution is 2.34. The van der Waals surface area contributed by atoms with Crippen molar-refractivity contribution < 1.29 is 44.2 Å².